The van der Waals surface area contributed by atoms with Gasteiger partial charge in [-0.3, -0.25) is 4.79 Å². The third-order valence-electron chi connectivity index (χ3n) is 3.47. The summed E-state index contributed by atoms with van der Waals surface area (Å²) in [5.74, 6) is 0.198. The molecule has 21 heavy (non-hydrogen) atoms. The SMILES string of the molecule is CCC(CCO)CNC(=O)c1cc(-c2ccccc2)no1. The van der Waals surface area contributed by atoms with E-state index in [0.717, 1.165) is 12.0 Å². The van der Waals surface area contributed by atoms with E-state index in [9.17, 15) is 4.79 Å². The predicted octanol–water partition coefficient (Wildman–Crippen LogP) is 2.48. The molecule has 0 aliphatic rings. The molecule has 1 atom stereocenters. The van der Waals surface area contributed by atoms with E-state index >= 15 is 0 Å². The van der Waals surface area contributed by atoms with Crippen LogP contribution in [0.25, 0.3) is 11.3 Å². The second-order valence-corrected chi connectivity index (χ2v) is 4.94. The van der Waals surface area contributed by atoms with Crippen LogP contribution in [-0.4, -0.2) is 29.3 Å². The van der Waals surface area contributed by atoms with E-state index in [2.05, 4.69) is 10.5 Å². The Morgan fingerprint density at radius 2 is 2.14 bits per heavy atom. The maximum atomic E-state index is 12.0. The highest BCUT2D eigenvalue weighted by molar-refractivity contribution is 5.92. The van der Waals surface area contributed by atoms with Gasteiger partial charge in [-0.05, 0) is 12.3 Å². The number of hydrogen-bond acceptors (Lipinski definition) is 4. The molecule has 1 unspecified atom stereocenters. The molecule has 0 aliphatic carbocycles. The number of hydrogen-bond donors (Lipinski definition) is 2. The lowest BCUT2D eigenvalue weighted by molar-refractivity contribution is 0.0906. The Kier molecular flexibility index (Phi) is 5.51. The summed E-state index contributed by atoms with van der Waals surface area (Å²) in [4.78, 5) is 12.0. The van der Waals surface area contributed by atoms with Crippen molar-refractivity contribution in [2.24, 2.45) is 5.92 Å². The van der Waals surface area contributed by atoms with Crippen molar-refractivity contribution in [1.82, 2.24) is 10.5 Å². The zero-order chi connectivity index (χ0) is 15.1. The van der Waals surface area contributed by atoms with E-state index in [1.54, 1.807) is 6.07 Å². The van der Waals surface area contributed by atoms with Crippen LogP contribution in [0.15, 0.2) is 40.9 Å². The van der Waals surface area contributed by atoms with Crippen molar-refractivity contribution >= 4 is 5.91 Å². The van der Waals surface area contributed by atoms with E-state index in [1.165, 1.54) is 0 Å². The van der Waals surface area contributed by atoms with Crippen LogP contribution in [0.2, 0.25) is 0 Å². The topological polar surface area (TPSA) is 75.4 Å². The molecule has 0 aliphatic heterocycles. The standard InChI is InChI=1S/C16H20N2O3/c1-2-12(8-9-19)11-17-16(20)15-10-14(18-21-15)13-6-4-3-5-7-13/h3-7,10,12,19H,2,8-9,11H2,1H3,(H,17,20). The van der Waals surface area contributed by atoms with Gasteiger partial charge in [0.05, 0.1) is 0 Å². The number of nitrogens with one attached hydrogen (secondary N) is 1. The second kappa shape index (κ2) is 7.59. The lowest BCUT2D eigenvalue weighted by Gasteiger charge is -2.13. The fourth-order valence-electron chi connectivity index (χ4n) is 2.08. The van der Waals surface area contributed by atoms with Gasteiger partial charge in [0.15, 0.2) is 0 Å². The highest BCUT2D eigenvalue weighted by Gasteiger charge is 2.15. The zero-order valence-corrected chi connectivity index (χ0v) is 12.1. The molecular formula is C16H20N2O3. The van der Waals surface area contributed by atoms with Gasteiger partial charge in [-0.15, -0.1) is 0 Å². The van der Waals surface area contributed by atoms with Crippen LogP contribution >= 0.6 is 0 Å². The monoisotopic (exact) mass is 288 g/mol. The van der Waals surface area contributed by atoms with E-state index in [-0.39, 0.29) is 24.2 Å². The molecule has 1 aromatic heterocycles. The molecule has 0 spiro atoms. The molecule has 2 N–H and O–H groups in total. The lowest BCUT2D eigenvalue weighted by Crippen LogP contribution is -2.29. The summed E-state index contributed by atoms with van der Waals surface area (Å²) in [6.45, 7) is 2.69. The fraction of sp³-hybridized carbons (Fsp3) is 0.375. The van der Waals surface area contributed by atoms with Crippen LogP contribution in [0.4, 0.5) is 0 Å². The number of rotatable bonds is 7. The summed E-state index contributed by atoms with van der Waals surface area (Å²) in [7, 11) is 0. The first kappa shape index (κ1) is 15.3. The Bertz CT molecular complexity index is 566. The molecule has 5 nitrogen and oxygen atoms in total. The largest absolute Gasteiger partial charge is 0.396 e. The summed E-state index contributed by atoms with van der Waals surface area (Å²) in [5, 5.41) is 15.7. The maximum Gasteiger partial charge on any atom is 0.289 e. The van der Waals surface area contributed by atoms with Crippen LogP contribution in [0.3, 0.4) is 0 Å². The molecule has 1 heterocycles. The number of benzene rings is 1. The third kappa shape index (κ3) is 4.16. The quantitative estimate of drug-likeness (QED) is 0.820. The molecule has 0 saturated heterocycles. The Hall–Kier alpha value is -2.14. The van der Waals surface area contributed by atoms with Gasteiger partial charge < -0.3 is 14.9 Å². The molecular weight excluding hydrogens is 268 g/mol. The van der Waals surface area contributed by atoms with Gasteiger partial charge in [-0.1, -0.05) is 48.8 Å². The number of carbonyl (C=O) groups excluding carboxylic acids is 1. The second-order valence-electron chi connectivity index (χ2n) is 4.94. The third-order valence-corrected chi connectivity index (χ3v) is 3.47. The lowest BCUT2D eigenvalue weighted by atomic mass is 10.0. The Morgan fingerprint density at radius 1 is 1.38 bits per heavy atom. The predicted molar refractivity (Wildman–Crippen MR) is 79.8 cm³/mol. The van der Waals surface area contributed by atoms with Crippen molar-refractivity contribution in [2.75, 3.05) is 13.2 Å². The molecule has 2 rings (SSSR count). The molecule has 5 heteroatoms. The summed E-state index contributed by atoms with van der Waals surface area (Å²) < 4.78 is 5.10. The van der Waals surface area contributed by atoms with Crippen LogP contribution in [0, 0.1) is 5.92 Å². The van der Waals surface area contributed by atoms with Gasteiger partial charge in [0.1, 0.15) is 5.69 Å². The van der Waals surface area contributed by atoms with Crippen molar-refractivity contribution in [3.8, 4) is 11.3 Å². The summed E-state index contributed by atoms with van der Waals surface area (Å²) in [6.07, 6.45) is 1.59. The van der Waals surface area contributed by atoms with Gasteiger partial charge in [0.25, 0.3) is 5.91 Å². The van der Waals surface area contributed by atoms with Gasteiger partial charge in [0, 0.05) is 24.8 Å². The average Bonchev–Trinajstić information content (AvgIpc) is 3.02. The molecule has 0 radical (unpaired) electrons. The summed E-state index contributed by atoms with van der Waals surface area (Å²) in [6, 6.07) is 11.2. The minimum Gasteiger partial charge on any atom is -0.396 e. The van der Waals surface area contributed by atoms with Gasteiger partial charge >= 0.3 is 0 Å². The minimum atomic E-state index is -0.277. The van der Waals surface area contributed by atoms with E-state index in [1.807, 2.05) is 37.3 Å². The van der Waals surface area contributed by atoms with E-state index < -0.39 is 0 Å². The fourth-order valence-corrected chi connectivity index (χ4v) is 2.08. The molecule has 112 valence electrons. The normalized spacial score (nSPS) is 12.1. The van der Waals surface area contributed by atoms with Crippen molar-refractivity contribution in [2.45, 2.75) is 19.8 Å². The highest BCUT2D eigenvalue weighted by atomic mass is 16.5. The average molecular weight is 288 g/mol. The first-order valence-corrected chi connectivity index (χ1v) is 7.15. The number of aliphatic hydroxyl groups excluding tert-OH is 1. The first-order valence-electron chi connectivity index (χ1n) is 7.15. The van der Waals surface area contributed by atoms with Crippen LogP contribution in [-0.2, 0) is 0 Å². The molecule has 1 aromatic carbocycles. The van der Waals surface area contributed by atoms with Gasteiger partial charge in [-0.2, -0.15) is 0 Å². The highest BCUT2D eigenvalue weighted by Crippen LogP contribution is 2.18. The van der Waals surface area contributed by atoms with Crippen molar-refractivity contribution in [3.05, 3.63) is 42.2 Å². The molecule has 0 fully saturated rings. The van der Waals surface area contributed by atoms with Crippen molar-refractivity contribution in [1.29, 1.82) is 0 Å². The van der Waals surface area contributed by atoms with Crippen molar-refractivity contribution in [3.63, 3.8) is 0 Å². The molecule has 1 amide bonds. The van der Waals surface area contributed by atoms with Gasteiger partial charge in [0.2, 0.25) is 5.76 Å². The Labute approximate surface area is 124 Å². The Morgan fingerprint density at radius 3 is 2.81 bits per heavy atom. The van der Waals surface area contributed by atoms with E-state index in [0.29, 0.717) is 18.7 Å². The Balaban J connectivity index is 1.96. The number of carbonyl (C=O) groups is 1. The minimum absolute atomic E-state index is 0.134. The number of aliphatic hydroxyl groups is 1. The maximum absolute atomic E-state index is 12.0. The van der Waals surface area contributed by atoms with Crippen LogP contribution in [0.1, 0.15) is 30.3 Å². The summed E-state index contributed by atoms with van der Waals surface area (Å²) >= 11 is 0. The van der Waals surface area contributed by atoms with Crippen molar-refractivity contribution < 1.29 is 14.4 Å². The molecule has 2 aromatic rings. The van der Waals surface area contributed by atoms with Crippen LogP contribution < -0.4 is 5.32 Å². The number of aromatic nitrogens is 1. The van der Waals surface area contributed by atoms with Gasteiger partial charge in [-0.25, -0.2) is 0 Å². The summed E-state index contributed by atoms with van der Waals surface area (Å²) in [5.41, 5.74) is 1.55. The number of nitrogens with zero attached hydrogens (tertiary/aromatic N) is 1. The zero-order valence-electron chi connectivity index (χ0n) is 12.1. The van der Waals surface area contributed by atoms with Crippen LogP contribution in [0.5, 0.6) is 0 Å². The molecule has 0 saturated carbocycles. The first-order chi connectivity index (χ1) is 10.2. The number of amides is 1. The van der Waals surface area contributed by atoms with E-state index in [4.69, 9.17) is 9.63 Å². The smallest absolute Gasteiger partial charge is 0.289 e. The molecule has 0 bridgehead atoms.